The number of hydrogen-bond donors (Lipinski definition) is 1. The molecule has 0 atom stereocenters. The van der Waals surface area contributed by atoms with Crippen molar-refractivity contribution in [3.63, 3.8) is 0 Å². The fourth-order valence-electron chi connectivity index (χ4n) is 3.68. The maximum Gasteiger partial charge on any atom is 0.349 e. The Morgan fingerprint density at radius 2 is 2.00 bits per heavy atom. The number of aromatic nitrogens is 1. The van der Waals surface area contributed by atoms with Gasteiger partial charge in [0.05, 0.1) is 6.61 Å². The summed E-state index contributed by atoms with van der Waals surface area (Å²) in [6.45, 7) is 6.98. The van der Waals surface area contributed by atoms with Crippen LogP contribution in [0.3, 0.4) is 0 Å². The molecule has 0 unspecified atom stereocenters. The van der Waals surface area contributed by atoms with Crippen molar-refractivity contribution in [1.82, 2.24) is 9.88 Å². The van der Waals surface area contributed by atoms with Gasteiger partial charge in [-0.05, 0) is 63.2 Å². The van der Waals surface area contributed by atoms with Crippen molar-refractivity contribution in [1.29, 1.82) is 5.26 Å². The highest BCUT2D eigenvalue weighted by molar-refractivity contribution is 5.99. The first-order chi connectivity index (χ1) is 13.8. The molecular weight excluding hydrogens is 370 g/mol. The van der Waals surface area contributed by atoms with Crippen LogP contribution in [0.2, 0.25) is 0 Å². The Morgan fingerprint density at radius 1 is 1.31 bits per heavy atom. The minimum absolute atomic E-state index is 0.128. The summed E-state index contributed by atoms with van der Waals surface area (Å²) in [7, 11) is 1.64. The van der Waals surface area contributed by atoms with Crippen LogP contribution in [0.15, 0.2) is 11.6 Å². The van der Waals surface area contributed by atoms with Crippen LogP contribution in [-0.4, -0.2) is 42.8 Å². The summed E-state index contributed by atoms with van der Waals surface area (Å²) in [6, 6.07) is 3.93. The van der Waals surface area contributed by atoms with E-state index in [1.54, 1.807) is 7.11 Å². The van der Waals surface area contributed by atoms with E-state index in [1.807, 2.05) is 26.0 Å². The van der Waals surface area contributed by atoms with Crippen LogP contribution in [0.25, 0.3) is 6.08 Å². The summed E-state index contributed by atoms with van der Waals surface area (Å²) < 4.78 is 12.2. The van der Waals surface area contributed by atoms with Crippen LogP contribution in [-0.2, 0) is 25.6 Å². The molecule has 29 heavy (non-hydrogen) atoms. The topological polar surface area (TPSA) is 93.3 Å². The Labute approximate surface area is 172 Å². The van der Waals surface area contributed by atoms with Crippen LogP contribution >= 0.6 is 0 Å². The molecule has 158 valence electrons. The summed E-state index contributed by atoms with van der Waals surface area (Å²) in [5.74, 6) is -0.421. The predicted octanol–water partition coefficient (Wildman–Crippen LogP) is 2.90. The highest BCUT2D eigenvalue weighted by Gasteiger charge is 2.21. The third-order valence-electron chi connectivity index (χ3n) is 5.49. The van der Waals surface area contributed by atoms with Crippen molar-refractivity contribution >= 4 is 18.0 Å². The molecule has 2 rings (SSSR count). The summed E-state index contributed by atoms with van der Waals surface area (Å²) in [5.41, 5.74) is 2.59. The second-order valence-electron chi connectivity index (χ2n) is 7.74. The third kappa shape index (κ3) is 6.47. The van der Waals surface area contributed by atoms with Gasteiger partial charge in [-0.25, -0.2) is 4.79 Å². The average Bonchev–Trinajstić information content (AvgIpc) is 2.97. The lowest BCUT2D eigenvalue weighted by Crippen LogP contribution is -2.39. The number of amides is 1. The minimum Gasteiger partial charge on any atom is -0.451 e. The standard InChI is InChI=1S/C22H31N3O4/c1-15-5-7-20(8-6-15)24-21(26)14-29-22(27)19(13-23)12-18-11-16(2)25(17(18)3)9-10-28-4/h11-12,15,20H,5-10,14H2,1-4H3,(H,24,26)/b19-12+. The van der Waals surface area contributed by atoms with Gasteiger partial charge in [0.1, 0.15) is 11.6 Å². The molecule has 1 fully saturated rings. The summed E-state index contributed by atoms with van der Waals surface area (Å²) in [5, 5.41) is 12.3. The molecule has 7 nitrogen and oxygen atoms in total. The lowest BCUT2D eigenvalue weighted by molar-refractivity contribution is -0.144. The van der Waals surface area contributed by atoms with Gasteiger partial charge in [-0.1, -0.05) is 6.92 Å². The van der Waals surface area contributed by atoms with Crippen LogP contribution in [0.1, 0.15) is 49.6 Å². The molecule has 1 aromatic rings. The Hall–Kier alpha value is -2.59. The fourth-order valence-corrected chi connectivity index (χ4v) is 3.68. The number of carbonyl (C=O) groups is 2. The van der Waals surface area contributed by atoms with Crippen molar-refractivity contribution in [2.24, 2.45) is 5.92 Å². The van der Waals surface area contributed by atoms with Gasteiger partial charge in [0.25, 0.3) is 5.91 Å². The molecule has 0 aliphatic heterocycles. The molecular formula is C22H31N3O4. The number of rotatable bonds is 8. The van der Waals surface area contributed by atoms with E-state index in [-0.39, 0.29) is 24.1 Å². The number of hydrogen-bond acceptors (Lipinski definition) is 5. The maximum atomic E-state index is 12.3. The van der Waals surface area contributed by atoms with Crippen molar-refractivity contribution < 1.29 is 19.1 Å². The van der Waals surface area contributed by atoms with Crippen molar-refractivity contribution in [3.8, 4) is 6.07 Å². The summed E-state index contributed by atoms with van der Waals surface area (Å²) >= 11 is 0. The summed E-state index contributed by atoms with van der Waals surface area (Å²) in [4.78, 5) is 24.3. The van der Waals surface area contributed by atoms with Crippen LogP contribution < -0.4 is 5.32 Å². The smallest absolute Gasteiger partial charge is 0.349 e. The average molecular weight is 402 g/mol. The second kappa shape index (κ2) is 10.8. The highest BCUT2D eigenvalue weighted by atomic mass is 16.5. The third-order valence-corrected chi connectivity index (χ3v) is 5.49. The number of carbonyl (C=O) groups excluding carboxylic acids is 2. The van der Waals surface area contributed by atoms with E-state index in [0.717, 1.165) is 42.6 Å². The Balaban J connectivity index is 1.95. The largest absolute Gasteiger partial charge is 0.451 e. The molecule has 1 aliphatic rings. The number of aryl methyl sites for hydroxylation is 1. The van der Waals surface area contributed by atoms with E-state index in [0.29, 0.717) is 19.1 Å². The van der Waals surface area contributed by atoms with Crippen molar-refractivity contribution in [3.05, 3.63) is 28.6 Å². The quantitative estimate of drug-likeness (QED) is 0.411. The number of methoxy groups -OCH3 is 1. The molecule has 0 bridgehead atoms. The van der Waals surface area contributed by atoms with E-state index >= 15 is 0 Å². The van der Waals surface area contributed by atoms with Crippen LogP contribution in [0, 0.1) is 31.1 Å². The molecule has 0 saturated heterocycles. The Kier molecular flexibility index (Phi) is 8.47. The first kappa shape index (κ1) is 22.7. The van der Waals surface area contributed by atoms with Gasteiger partial charge in [-0.3, -0.25) is 4.79 Å². The molecule has 1 aliphatic carbocycles. The first-order valence-electron chi connectivity index (χ1n) is 10.1. The van der Waals surface area contributed by atoms with Crippen molar-refractivity contribution in [2.75, 3.05) is 20.3 Å². The number of nitrogens with one attached hydrogen (secondary N) is 1. The maximum absolute atomic E-state index is 12.3. The van der Waals surface area contributed by atoms with Gasteiger partial charge in [0.2, 0.25) is 0 Å². The van der Waals surface area contributed by atoms with Crippen LogP contribution in [0.5, 0.6) is 0 Å². The number of nitrogens with zero attached hydrogens (tertiary/aromatic N) is 2. The normalized spacial score (nSPS) is 19.5. The summed E-state index contributed by atoms with van der Waals surface area (Å²) in [6.07, 6.45) is 5.59. The second-order valence-corrected chi connectivity index (χ2v) is 7.74. The zero-order chi connectivity index (χ0) is 21.4. The Bertz CT molecular complexity index is 796. The lowest BCUT2D eigenvalue weighted by atomic mass is 9.87. The van der Waals surface area contributed by atoms with Gasteiger partial charge in [0.15, 0.2) is 6.61 Å². The SMILES string of the molecule is COCCn1c(C)cc(/C=C(\C#N)C(=O)OCC(=O)NC2CCC(C)CC2)c1C. The zero-order valence-corrected chi connectivity index (χ0v) is 17.8. The van der Waals surface area contributed by atoms with E-state index in [2.05, 4.69) is 16.8 Å². The number of esters is 1. The molecule has 7 heteroatoms. The van der Waals surface area contributed by atoms with Gasteiger partial charge in [-0.15, -0.1) is 0 Å². The molecule has 0 aromatic carbocycles. The molecule has 1 amide bonds. The fraction of sp³-hybridized carbons (Fsp3) is 0.591. The van der Waals surface area contributed by atoms with E-state index in [1.165, 1.54) is 6.08 Å². The number of nitriles is 1. The predicted molar refractivity (Wildman–Crippen MR) is 110 cm³/mol. The van der Waals surface area contributed by atoms with Gasteiger partial charge in [-0.2, -0.15) is 5.26 Å². The van der Waals surface area contributed by atoms with Gasteiger partial charge in [0, 0.05) is 31.1 Å². The first-order valence-corrected chi connectivity index (χ1v) is 10.1. The van der Waals surface area contributed by atoms with E-state index in [9.17, 15) is 14.9 Å². The minimum atomic E-state index is -0.790. The van der Waals surface area contributed by atoms with Crippen LogP contribution in [0.4, 0.5) is 0 Å². The molecule has 1 aromatic heterocycles. The van der Waals surface area contributed by atoms with Gasteiger partial charge >= 0.3 is 5.97 Å². The van der Waals surface area contributed by atoms with Crippen molar-refractivity contribution in [2.45, 2.75) is 59.0 Å². The molecule has 0 radical (unpaired) electrons. The molecule has 1 saturated carbocycles. The monoisotopic (exact) mass is 401 g/mol. The van der Waals surface area contributed by atoms with E-state index in [4.69, 9.17) is 9.47 Å². The molecule has 1 N–H and O–H groups in total. The number of ether oxygens (including phenoxy) is 2. The van der Waals surface area contributed by atoms with E-state index < -0.39 is 5.97 Å². The van der Waals surface area contributed by atoms with Gasteiger partial charge < -0.3 is 19.4 Å². The molecule has 0 spiro atoms. The lowest BCUT2D eigenvalue weighted by Gasteiger charge is -2.26. The molecule has 1 heterocycles. The Morgan fingerprint density at radius 3 is 2.62 bits per heavy atom. The highest BCUT2D eigenvalue weighted by Crippen LogP contribution is 2.23. The zero-order valence-electron chi connectivity index (χ0n) is 17.8.